The van der Waals surface area contributed by atoms with Crippen molar-refractivity contribution in [3.63, 3.8) is 0 Å². The molecule has 0 heterocycles. The second kappa shape index (κ2) is 5.26. The zero-order chi connectivity index (χ0) is 15.0. The molecule has 1 N–H and O–H groups in total. The molecule has 3 rings (SSSR count). The molecule has 1 atom stereocenters. The first kappa shape index (κ1) is 13.7. The van der Waals surface area contributed by atoms with E-state index in [2.05, 4.69) is 0 Å². The highest BCUT2D eigenvalue weighted by Crippen LogP contribution is 2.30. The Bertz CT molecular complexity index is 811. The Hall–Kier alpha value is -2.26. The van der Waals surface area contributed by atoms with Gasteiger partial charge in [0.2, 0.25) is 0 Å². The van der Waals surface area contributed by atoms with Crippen LogP contribution in [0.1, 0.15) is 22.8 Å². The summed E-state index contributed by atoms with van der Waals surface area (Å²) in [6, 6.07) is 15.5. The van der Waals surface area contributed by atoms with Crippen LogP contribution in [0.25, 0.3) is 10.8 Å². The first-order valence-electron chi connectivity index (χ1n) is 6.69. The molecule has 0 saturated carbocycles. The van der Waals surface area contributed by atoms with E-state index in [1.54, 1.807) is 19.1 Å². The normalized spacial score (nSPS) is 12.6. The Morgan fingerprint density at radius 3 is 2.38 bits per heavy atom. The summed E-state index contributed by atoms with van der Waals surface area (Å²) >= 11 is 0. The zero-order valence-electron chi connectivity index (χ0n) is 11.5. The molecule has 0 amide bonds. The third-order valence-electron chi connectivity index (χ3n) is 3.68. The average Bonchev–Trinajstić information content (AvgIpc) is 2.51. The van der Waals surface area contributed by atoms with Crippen molar-refractivity contribution >= 4 is 10.8 Å². The van der Waals surface area contributed by atoms with Crippen LogP contribution in [-0.4, -0.2) is 5.11 Å². The molecule has 0 spiro atoms. The van der Waals surface area contributed by atoms with Crippen LogP contribution < -0.4 is 0 Å². The Morgan fingerprint density at radius 2 is 1.62 bits per heavy atom. The van der Waals surface area contributed by atoms with Crippen LogP contribution in [0.15, 0.2) is 54.6 Å². The maximum atomic E-state index is 14.1. The van der Waals surface area contributed by atoms with Gasteiger partial charge in [0.05, 0.1) is 5.56 Å². The highest BCUT2D eigenvalue weighted by atomic mass is 19.1. The maximum absolute atomic E-state index is 14.1. The van der Waals surface area contributed by atoms with Crippen molar-refractivity contribution in [1.82, 2.24) is 0 Å². The highest BCUT2D eigenvalue weighted by molar-refractivity contribution is 5.83. The van der Waals surface area contributed by atoms with Crippen LogP contribution in [0.3, 0.4) is 0 Å². The zero-order valence-corrected chi connectivity index (χ0v) is 11.5. The molecule has 0 radical (unpaired) electrons. The van der Waals surface area contributed by atoms with E-state index in [0.29, 0.717) is 11.1 Å². The van der Waals surface area contributed by atoms with Gasteiger partial charge in [-0.3, -0.25) is 0 Å². The summed E-state index contributed by atoms with van der Waals surface area (Å²) in [7, 11) is 0. The van der Waals surface area contributed by atoms with Gasteiger partial charge in [-0.05, 0) is 41.0 Å². The van der Waals surface area contributed by atoms with Gasteiger partial charge in [0.25, 0.3) is 0 Å². The van der Waals surface area contributed by atoms with Gasteiger partial charge in [0, 0.05) is 0 Å². The monoisotopic (exact) mass is 284 g/mol. The fourth-order valence-electron chi connectivity index (χ4n) is 2.47. The van der Waals surface area contributed by atoms with E-state index in [1.807, 2.05) is 30.3 Å². The van der Waals surface area contributed by atoms with E-state index in [1.165, 1.54) is 12.1 Å². The minimum absolute atomic E-state index is 0.301. The highest BCUT2D eigenvalue weighted by Gasteiger charge is 2.21. The first-order valence-corrected chi connectivity index (χ1v) is 6.69. The molecule has 0 aromatic heterocycles. The summed E-state index contributed by atoms with van der Waals surface area (Å²) in [5.41, 5.74) is 0.480. The summed E-state index contributed by atoms with van der Waals surface area (Å²) in [5.74, 6) is -1.44. The third kappa shape index (κ3) is 2.41. The molecule has 0 aliphatic carbocycles. The molecule has 0 fully saturated rings. The number of benzene rings is 3. The summed E-state index contributed by atoms with van der Waals surface area (Å²) in [5, 5.41) is 12.3. The minimum Gasteiger partial charge on any atom is -0.383 e. The lowest BCUT2D eigenvalue weighted by Crippen LogP contribution is -2.07. The van der Waals surface area contributed by atoms with Crippen LogP contribution in [0, 0.1) is 18.6 Å². The number of aliphatic hydroxyl groups is 1. The standard InChI is InChI=1S/C18H14F2O/c1-11-6-9-15(19)16(17(11)20)18(21)14-8-7-12-4-2-3-5-13(12)10-14/h2-10,18,21H,1H3. The number of hydrogen-bond donors (Lipinski definition) is 1. The van der Waals surface area contributed by atoms with E-state index < -0.39 is 17.7 Å². The fraction of sp³-hybridized carbons (Fsp3) is 0.111. The molecule has 3 aromatic carbocycles. The molecule has 21 heavy (non-hydrogen) atoms. The van der Waals surface area contributed by atoms with Crippen LogP contribution in [-0.2, 0) is 0 Å². The molecule has 0 aliphatic rings. The predicted octanol–water partition coefficient (Wildman–Crippen LogP) is 4.51. The van der Waals surface area contributed by atoms with Crippen molar-refractivity contribution in [1.29, 1.82) is 0 Å². The summed E-state index contributed by atoms with van der Waals surface area (Å²) < 4.78 is 28.0. The van der Waals surface area contributed by atoms with Gasteiger partial charge in [0.15, 0.2) is 0 Å². The molecular weight excluding hydrogens is 270 g/mol. The molecule has 3 aromatic rings. The molecule has 1 unspecified atom stereocenters. The van der Waals surface area contributed by atoms with Crippen molar-refractivity contribution in [2.24, 2.45) is 0 Å². The second-order valence-corrected chi connectivity index (χ2v) is 5.10. The lowest BCUT2D eigenvalue weighted by Gasteiger charge is -2.15. The molecule has 1 nitrogen and oxygen atoms in total. The molecule has 106 valence electrons. The van der Waals surface area contributed by atoms with Crippen molar-refractivity contribution in [2.75, 3.05) is 0 Å². The quantitative estimate of drug-likeness (QED) is 0.734. The number of aliphatic hydroxyl groups excluding tert-OH is 1. The van der Waals surface area contributed by atoms with Gasteiger partial charge in [-0.25, -0.2) is 8.78 Å². The van der Waals surface area contributed by atoms with Gasteiger partial charge >= 0.3 is 0 Å². The van der Waals surface area contributed by atoms with Crippen LogP contribution in [0.2, 0.25) is 0 Å². The number of fused-ring (bicyclic) bond motifs is 1. The van der Waals surface area contributed by atoms with Crippen LogP contribution in [0.5, 0.6) is 0 Å². The van der Waals surface area contributed by atoms with Crippen molar-refractivity contribution in [3.05, 3.63) is 82.9 Å². The van der Waals surface area contributed by atoms with Gasteiger partial charge < -0.3 is 5.11 Å². The minimum atomic E-state index is -1.32. The van der Waals surface area contributed by atoms with Crippen LogP contribution >= 0.6 is 0 Å². The summed E-state index contributed by atoms with van der Waals surface area (Å²) in [6.07, 6.45) is -1.32. The Labute approximate surface area is 121 Å². The lowest BCUT2D eigenvalue weighted by atomic mass is 9.96. The summed E-state index contributed by atoms with van der Waals surface area (Å²) in [6.45, 7) is 1.55. The van der Waals surface area contributed by atoms with E-state index in [4.69, 9.17) is 0 Å². The molecule has 3 heteroatoms. The molecule has 0 saturated heterocycles. The number of halogens is 2. The van der Waals surface area contributed by atoms with Crippen LogP contribution in [0.4, 0.5) is 8.78 Å². The Morgan fingerprint density at radius 1 is 0.905 bits per heavy atom. The second-order valence-electron chi connectivity index (χ2n) is 5.10. The van der Waals surface area contributed by atoms with Gasteiger partial charge in [-0.2, -0.15) is 0 Å². The largest absolute Gasteiger partial charge is 0.383 e. The maximum Gasteiger partial charge on any atom is 0.135 e. The van der Waals surface area contributed by atoms with Gasteiger partial charge in [-0.15, -0.1) is 0 Å². The van der Waals surface area contributed by atoms with Crippen molar-refractivity contribution in [2.45, 2.75) is 13.0 Å². The lowest BCUT2D eigenvalue weighted by molar-refractivity contribution is 0.209. The van der Waals surface area contributed by atoms with E-state index in [0.717, 1.165) is 10.8 Å². The Kier molecular flexibility index (Phi) is 3.43. The van der Waals surface area contributed by atoms with Gasteiger partial charge in [0.1, 0.15) is 17.7 Å². The van der Waals surface area contributed by atoms with E-state index in [-0.39, 0.29) is 5.56 Å². The van der Waals surface area contributed by atoms with E-state index >= 15 is 0 Å². The van der Waals surface area contributed by atoms with Crippen molar-refractivity contribution < 1.29 is 13.9 Å². The average molecular weight is 284 g/mol. The molecule has 0 aliphatic heterocycles. The first-order chi connectivity index (χ1) is 10.1. The van der Waals surface area contributed by atoms with Gasteiger partial charge in [-0.1, -0.05) is 42.5 Å². The Balaban J connectivity index is 2.12. The summed E-state index contributed by atoms with van der Waals surface area (Å²) in [4.78, 5) is 0. The smallest absolute Gasteiger partial charge is 0.135 e. The molecule has 0 bridgehead atoms. The number of aryl methyl sites for hydroxylation is 1. The SMILES string of the molecule is Cc1ccc(F)c(C(O)c2ccc3ccccc3c2)c1F. The topological polar surface area (TPSA) is 20.2 Å². The molecular formula is C18H14F2O. The number of hydrogen-bond acceptors (Lipinski definition) is 1. The number of rotatable bonds is 2. The third-order valence-corrected chi connectivity index (χ3v) is 3.68. The van der Waals surface area contributed by atoms with Crippen molar-refractivity contribution in [3.8, 4) is 0 Å². The predicted molar refractivity (Wildman–Crippen MR) is 79.1 cm³/mol. The fourth-order valence-corrected chi connectivity index (χ4v) is 2.47. The van der Waals surface area contributed by atoms with E-state index in [9.17, 15) is 13.9 Å².